The Morgan fingerprint density at radius 1 is 1.11 bits per heavy atom. The maximum atomic E-state index is 12.8. The number of anilines is 1. The number of pyridine rings is 1. The minimum atomic E-state index is -4.52. The molecule has 8 heteroatoms. The molecule has 0 spiro atoms. The van der Waals surface area contributed by atoms with Crippen LogP contribution in [0.2, 0.25) is 5.02 Å². The van der Waals surface area contributed by atoms with Gasteiger partial charge >= 0.3 is 6.18 Å². The maximum absolute atomic E-state index is 12.8. The molecule has 0 saturated carbocycles. The van der Waals surface area contributed by atoms with Gasteiger partial charge in [0.1, 0.15) is 12.4 Å². The van der Waals surface area contributed by atoms with Crippen molar-refractivity contribution in [2.45, 2.75) is 12.8 Å². The van der Waals surface area contributed by atoms with E-state index in [2.05, 4.69) is 10.3 Å². The van der Waals surface area contributed by atoms with Crippen LogP contribution in [0.4, 0.5) is 18.9 Å². The van der Waals surface area contributed by atoms with Gasteiger partial charge < -0.3 is 10.1 Å². The fourth-order valence-electron chi connectivity index (χ4n) is 2.40. The second-order valence-corrected chi connectivity index (χ2v) is 6.22. The Morgan fingerprint density at radius 2 is 1.93 bits per heavy atom. The number of hydrogen-bond donors (Lipinski definition) is 1. The molecule has 0 radical (unpaired) electrons. The average Bonchev–Trinajstić information content (AvgIpc) is 2.68. The Bertz CT molecular complexity index is 979. The van der Waals surface area contributed by atoms with Gasteiger partial charge in [0, 0.05) is 28.0 Å². The molecule has 1 N–H and O–H groups in total. The first-order valence-electron chi connectivity index (χ1n) is 8.13. The van der Waals surface area contributed by atoms with Crippen LogP contribution in [0.1, 0.15) is 21.5 Å². The summed E-state index contributed by atoms with van der Waals surface area (Å²) in [5.41, 5.74) is 0.00344. The Labute approximate surface area is 163 Å². The van der Waals surface area contributed by atoms with E-state index in [9.17, 15) is 18.0 Å². The van der Waals surface area contributed by atoms with Gasteiger partial charge in [-0.15, -0.1) is 0 Å². The molecule has 2 aromatic carbocycles. The lowest BCUT2D eigenvalue weighted by atomic mass is 10.1. The molecule has 0 aliphatic carbocycles. The van der Waals surface area contributed by atoms with Crippen molar-refractivity contribution < 1.29 is 22.7 Å². The van der Waals surface area contributed by atoms with Crippen molar-refractivity contribution in [2.75, 3.05) is 5.32 Å². The first kappa shape index (κ1) is 19.7. The zero-order valence-corrected chi connectivity index (χ0v) is 15.1. The molecule has 3 rings (SSSR count). The smallest absolute Gasteiger partial charge is 0.416 e. The Kier molecular flexibility index (Phi) is 5.84. The third-order valence-corrected chi connectivity index (χ3v) is 4.15. The van der Waals surface area contributed by atoms with Crippen LogP contribution in [0.25, 0.3) is 0 Å². The first-order valence-corrected chi connectivity index (χ1v) is 8.50. The van der Waals surface area contributed by atoms with E-state index in [0.717, 1.165) is 12.1 Å². The summed E-state index contributed by atoms with van der Waals surface area (Å²) in [5.74, 6) is -0.107. The number of aromatic nitrogens is 1. The standard InChI is InChI=1S/C20H14ClF3N2O2/c21-18-7-6-16(10-14(18)12-28-17-5-2-8-25-11-17)26-19(27)13-3-1-4-15(9-13)20(22,23)24/h1-11H,12H2,(H,26,27). The summed E-state index contributed by atoms with van der Waals surface area (Å²) < 4.78 is 44.0. The third-order valence-electron chi connectivity index (χ3n) is 3.78. The van der Waals surface area contributed by atoms with Crippen molar-refractivity contribution in [2.24, 2.45) is 0 Å². The van der Waals surface area contributed by atoms with Gasteiger partial charge in [-0.1, -0.05) is 17.7 Å². The van der Waals surface area contributed by atoms with Gasteiger partial charge in [-0.3, -0.25) is 9.78 Å². The highest BCUT2D eigenvalue weighted by molar-refractivity contribution is 6.31. The molecule has 0 unspecified atom stereocenters. The lowest BCUT2D eigenvalue weighted by Crippen LogP contribution is -2.14. The van der Waals surface area contributed by atoms with Crippen molar-refractivity contribution in [3.05, 3.63) is 88.7 Å². The molecule has 0 aliphatic heterocycles. The molecular weight excluding hydrogens is 393 g/mol. The number of amides is 1. The molecular formula is C20H14ClF3N2O2. The maximum Gasteiger partial charge on any atom is 0.416 e. The molecule has 0 bridgehead atoms. The highest BCUT2D eigenvalue weighted by Gasteiger charge is 2.30. The number of alkyl halides is 3. The number of benzene rings is 2. The van der Waals surface area contributed by atoms with Gasteiger partial charge in [0.2, 0.25) is 0 Å². The molecule has 1 amide bonds. The van der Waals surface area contributed by atoms with E-state index in [-0.39, 0.29) is 12.2 Å². The van der Waals surface area contributed by atoms with Crippen LogP contribution in [0, 0.1) is 0 Å². The highest BCUT2D eigenvalue weighted by atomic mass is 35.5. The van der Waals surface area contributed by atoms with E-state index in [1.807, 2.05) is 0 Å². The average molecular weight is 407 g/mol. The Hall–Kier alpha value is -3.06. The number of nitrogens with one attached hydrogen (secondary N) is 1. The largest absolute Gasteiger partial charge is 0.487 e. The Morgan fingerprint density at radius 3 is 2.64 bits per heavy atom. The van der Waals surface area contributed by atoms with Gasteiger partial charge in [0.15, 0.2) is 0 Å². The number of rotatable bonds is 5. The predicted octanol–water partition coefficient (Wildman–Crippen LogP) is 5.59. The molecule has 1 aromatic heterocycles. The second kappa shape index (κ2) is 8.31. The monoisotopic (exact) mass is 406 g/mol. The summed E-state index contributed by atoms with van der Waals surface area (Å²) in [5, 5.41) is 3.00. The molecule has 0 saturated heterocycles. The SMILES string of the molecule is O=C(Nc1ccc(Cl)c(COc2cccnc2)c1)c1cccc(C(F)(F)F)c1. The molecule has 0 aliphatic rings. The van der Waals surface area contributed by atoms with Crippen molar-refractivity contribution in [3.63, 3.8) is 0 Å². The highest BCUT2D eigenvalue weighted by Crippen LogP contribution is 2.30. The van der Waals surface area contributed by atoms with Crippen LogP contribution < -0.4 is 10.1 Å². The van der Waals surface area contributed by atoms with Gasteiger partial charge in [-0.05, 0) is 48.5 Å². The molecule has 1 heterocycles. The van der Waals surface area contributed by atoms with E-state index in [1.165, 1.54) is 12.1 Å². The van der Waals surface area contributed by atoms with Gasteiger partial charge in [0.25, 0.3) is 5.91 Å². The fraction of sp³-hybridized carbons (Fsp3) is 0.100. The van der Waals surface area contributed by atoms with Crippen molar-refractivity contribution in [3.8, 4) is 5.75 Å². The summed E-state index contributed by atoms with van der Waals surface area (Å²) in [6, 6.07) is 12.4. The topological polar surface area (TPSA) is 51.2 Å². The van der Waals surface area contributed by atoms with Crippen LogP contribution >= 0.6 is 11.6 Å². The summed E-state index contributed by atoms with van der Waals surface area (Å²) in [6.45, 7) is 0.137. The number of ether oxygens (including phenoxy) is 1. The zero-order chi connectivity index (χ0) is 20.1. The van der Waals surface area contributed by atoms with Crippen molar-refractivity contribution >= 4 is 23.2 Å². The van der Waals surface area contributed by atoms with E-state index in [0.29, 0.717) is 22.0 Å². The normalized spacial score (nSPS) is 11.1. The number of carbonyl (C=O) groups excluding carboxylic acids is 1. The number of carbonyl (C=O) groups is 1. The number of hydrogen-bond acceptors (Lipinski definition) is 3. The molecule has 3 aromatic rings. The molecule has 4 nitrogen and oxygen atoms in total. The van der Waals surface area contributed by atoms with Gasteiger partial charge in [-0.25, -0.2) is 0 Å². The summed E-state index contributed by atoms with van der Waals surface area (Å²) in [4.78, 5) is 16.3. The number of nitrogens with zero attached hydrogens (tertiary/aromatic N) is 1. The second-order valence-electron chi connectivity index (χ2n) is 5.82. The van der Waals surface area contributed by atoms with Crippen LogP contribution in [0.3, 0.4) is 0 Å². The summed E-state index contributed by atoms with van der Waals surface area (Å²) in [6.07, 6.45) is -1.36. The van der Waals surface area contributed by atoms with Crippen LogP contribution in [-0.2, 0) is 12.8 Å². The summed E-state index contributed by atoms with van der Waals surface area (Å²) in [7, 11) is 0. The van der Waals surface area contributed by atoms with Crippen LogP contribution in [0.15, 0.2) is 67.0 Å². The van der Waals surface area contributed by atoms with Crippen LogP contribution in [0.5, 0.6) is 5.75 Å². The third kappa shape index (κ3) is 5.01. The molecule has 0 atom stereocenters. The lowest BCUT2D eigenvalue weighted by Gasteiger charge is -2.12. The van der Waals surface area contributed by atoms with Gasteiger partial charge in [0.05, 0.1) is 11.8 Å². The van der Waals surface area contributed by atoms with Crippen molar-refractivity contribution in [1.29, 1.82) is 0 Å². The summed E-state index contributed by atoms with van der Waals surface area (Å²) >= 11 is 6.15. The van der Waals surface area contributed by atoms with E-state index >= 15 is 0 Å². The fourth-order valence-corrected chi connectivity index (χ4v) is 2.57. The quantitative estimate of drug-likeness (QED) is 0.601. The minimum Gasteiger partial charge on any atom is -0.487 e. The predicted molar refractivity (Wildman–Crippen MR) is 99.4 cm³/mol. The molecule has 0 fully saturated rings. The number of halogens is 4. The van der Waals surface area contributed by atoms with E-state index in [1.54, 1.807) is 42.7 Å². The first-order chi connectivity index (χ1) is 13.3. The van der Waals surface area contributed by atoms with Crippen molar-refractivity contribution in [1.82, 2.24) is 4.98 Å². The zero-order valence-electron chi connectivity index (χ0n) is 14.3. The molecule has 28 heavy (non-hydrogen) atoms. The van der Waals surface area contributed by atoms with Crippen LogP contribution in [-0.4, -0.2) is 10.9 Å². The van der Waals surface area contributed by atoms with E-state index in [4.69, 9.17) is 16.3 Å². The van der Waals surface area contributed by atoms with Gasteiger partial charge in [-0.2, -0.15) is 13.2 Å². The molecule has 144 valence electrons. The Balaban J connectivity index is 1.73. The lowest BCUT2D eigenvalue weighted by molar-refractivity contribution is -0.137. The van der Waals surface area contributed by atoms with E-state index < -0.39 is 17.6 Å². The minimum absolute atomic E-state index is 0.0991.